The predicted molar refractivity (Wildman–Crippen MR) is 76.6 cm³/mol. The number of aldehydes is 1. The molecule has 2 aliphatic rings. The SMILES string of the molecule is O=CC1=C(c2cc3c4c(cncc4c2)CC3=O)CCC1. The van der Waals surface area contributed by atoms with Gasteiger partial charge in [-0.1, -0.05) is 0 Å². The van der Waals surface area contributed by atoms with Crippen LogP contribution in [0, 0.1) is 0 Å². The molecule has 3 heteroatoms. The Morgan fingerprint density at radius 2 is 2.05 bits per heavy atom. The number of hydrogen-bond acceptors (Lipinski definition) is 3. The third kappa shape index (κ3) is 1.49. The lowest BCUT2D eigenvalue weighted by molar-refractivity contribution is -0.104. The fourth-order valence-electron chi connectivity index (χ4n) is 3.42. The lowest BCUT2D eigenvalue weighted by Crippen LogP contribution is -1.96. The van der Waals surface area contributed by atoms with Crippen molar-refractivity contribution in [3.8, 4) is 0 Å². The van der Waals surface area contributed by atoms with Gasteiger partial charge < -0.3 is 0 Å². The summed E-state index contributed by atoms with van der Waals surface area (Å²) >= 11 is 0. The van der Waals surface area contributed by atoms with E-state index in [1.165, 1.54) is 0 Å². The van der Waals surface area contributed by atoms with Crippen LogP contribution in [-0.4, -0.2) is 17.1 Å². The summed E-state index contributed by atoms with van der Waals surface area (Å²) in [6.45, 7) is 0. The van der Waals surface area contributed by atoms with Gasteiger partial charge in [0, 0.05) is 29.8 Å². The number of ketones is 1. The summed E-state index contributed by atoms with van der Waals surface area (Å²) in [6, 6.07) is 4.03. The molecule has 0 saturated heterocycles. The minimum atomic E-state index is 0.158. The van der Waals surface area contributed by atoms with Crippen LogP contribution >= 0.6 is 0 Å². The van der Waals surface area contributed by atoms with Crippen LogP contribution in [0.15, 0.2) is 30.1 Å². The zero-order chi connectivity index (χ0) is 13.7. The van der Waals surface area contributed by atoms with E-state index in [2.05, 4.69) is 11.1 Å². The Morgan fingerprint density at radius 1 is 1.15 bits per heavy atom. The summed E-state index contributed by atoms with van der Waals surface area (Å²) in [5.74, 6) is 0.158. The standard InChI is InChI=1S/C17H13NO2/c19-9-10-2-1-3-14(10)11-4-12-7-18-8-13-6-16(20)15(5-11)17(12)13/h4-5,7-9H,1-3,6H2. The molecule has 0 bridgehead atoms. The second-order valence-electron chi connectivity index (χ2n) is 5.50. The van der Waals surface area contributed by atoms with Crippen molar-refractivity contribution >= 4 is 28.4 Å². The number of aromatic nitrogens is 1. The van der Waals surface area contributed by atoms with Crippen molar-refractivity contribution in [1.29, 1.82) is 0 Å². The largest absolute Gasteiger partial charge is 0.298 e. The fraction of sp³-hybridized carbons (Fsp3) is 0.235. The molecule has 0 saturated carbocycles. The van der Waals surface area contributed by atoms with Gasteiger partial charge in [0.15, 0.2) is 5.78 Å². The number of hydrogen-bond donors (Lipinski definition) is 0. The quantitative estimate of drug-likeness (QED) is 0.782. The molecular formula is C17H13NO2. The van der Waals surface area contributed by atoms with E-state index in [-0.39, 0.29) is 5.78 Å². The van der Waals surface area contributed by atoms with Gasteiger partial charge in [-0.15, -0.1) is 0 Å². The first-order valence-electron chi connectivity index (χ1n) is 6.89. The molecule has 1 heterocycles. The maximum Gasteiger partial charge on any atom is 0.167 e. The molecule has 0 fully saturated rings. The first-order chi connectivity index (χ1) is 9.78. The normalized spacial score (nSPS) is 17.3. The maximum atomic E-state index is 12.2. The molecule has 1 aromatic carbocycles. The van der Waals surface area contributed by atoms with Gasteiger partial charge in [0.05, 0.1) is 0 Å². The zero-order valence-electron chi connectivity index (χ0n) is 11.0. The average molecular weight is 263 g/mol. The molecule has 2 aliphatic carbocycles. The summed E-state index contributed by atoms with van der Waals surface area (Å²) in [4.78, 5) is 27.5. The number of Topliss-reactive ketones (excluding diaryl/α,β-unsaturated/α-hetero) is 1. The topological polar surface area (TPSA) is 47.0 Å². The van der Waals surface area contributed by atoms with E-state index >= 15 is 0 Å². The highest BCUT2D eigenvalue weighted by atomic mass is 16.1. The van der Waals surface area contributed by atoms with E-state index in [0.717, 1.165) is 64.2 Å². The van der Waals surface area contributed by atoms with Gasteiger partial charge in [0.1, 0.15) is 6.29 Å². The van der Waals surface area contributed by atoms with Gasteiger partial charge in [-0.3, -0.25) is 14.6 Å². The van der Waals surface area contributed by atoms with Crippen LogP contribution in [0.2, 0.25) is 0 Å². The minimum absolute atomic E-state index is 0.158. The van der Waals surface area contributed by atoms with Crippen LogP contribution in [0.25, 0.3) is 16.3 Å². The molecule has 0 aliphatic heterocycles. The molecular weight excluding hydrogens is 250 g/mol. The highest BCUT2D eigenvalue weighted by Gasteiger charge is 2.24. The molecule has 4 rings (SSSR count). The van der Waals surface area contributed by atoms with Crippen molar-refractivity contribution in [2.75, 3.05) is 0 Å². The van der Waals surface area contributed by atoms with Crippen LogP contribution in [0.3, 0.4) is 0 Å². The van der Waals surface area contributed by atoms with Gasteiger partial charge >= 0.3 is 0 Å². The number of allylic oxidation sites excluding steroid dienone is 2. The zero-order valence-corrected chi connectivity index (χ0v) is 11.0. The van der Waals surface area contributed by atoms with Gasteiger partial charge in [-0.2, -0.15) is 0 Å². The van der Waals surface area contributed by atoms with Crippen LogP contribution in [0.1, 0.15) is 40.7 Å². The third-order valence-electron chi connectivity index (χ3n) is 4.34. The second kappa shape index (κ2) is 4.10. The Hall–Kier alpha value is -2.29. The Morgan fingerprint density at radius 3 is 2.90 bits per heavy atom. The predicted octanol–water partition coefficient (Wildman–Crippen LogP) is 3.11. The van der Waals surface area contributed by atoms with Gasteiger partial charge in [0.25, 0.3) is 0 Å². The Kier molecular flexibility index (Phi) is 2.36. The molecule has 0 spiro atoms. The van der Waals surface area contributed by atoms with E-state index in [0.29, 0.717) is 6.42 Å². The first kappa shape index (κ1) is 11.5. The van der Waals surface area contributed by atoms with Crippen molar-refractivity contribution < 1.29 is 9.59 Å². The van der Waals surface area contributed by atoms with E-state index in [1.54, 1.807) is 12.4 Å². The molecule has 0 radical (unpaired) electrons. The van der Waals surface area contributed by atoms with Crippen LogP contribution in [0.4, 0.5) is 0 Å². The molecule has 2 aromatic rings. The summed E-state index contributed by atoms with van der Waals surface area (Å²) in [7, 11) is 0. The van der Waals surface area contributed by atoms with Gasteiger partial charge in [-0.25, -0.2) is 0 Å². The molecule has 1 aromatic heterocycles. The lowest BCUT2D eigenvalue weighted by Gasteiger charge is -2.08. The number of benzene rings is 1. The Labute approximate surface area is 116 Å². The van der Waals surface area contributed by atoms with E-state index in [4.69, 9.17) is 0 Å². The maximum absolute atomic E-state index is 12.2. The van der Waals surface area contributed by atoms with Crippen LogP contribution in [-0.2, 0) is 11.2 Å². The molecule has 20 heavy (non-hydrogen) atoms. The van der Waals surface area contributed by atoms with Crippen molar-refractivity contribution in [1.82, 2.24) is 4.98 Å². The van der Waals surface area contributed by atoms with Gasteiger partial charge in [0.2, 0.25) is 0 Å². The van der Waals surface area contributed by atoms with Crippen molar-refractivity contribution in [2.45, 2.75) is 25.7 Å². The monoisotopic (exact) mass is 263 g/mol. The molecule has 0 amide bonds. The van der Waals surface area contributed by atoms with Crippen molar-refractivity contribution in [3.05, 3.63) is 46.8 Å². The first-order valence-corrected chi connectivity index (χ1v) is 6.89. The smallest absolute Gasteiger partial charge is 0.167 e. The number of carbonyl (C=O) groups excluding carboxylic acids is 2. The molecule has 0 atom stereocenters. The molecule has 98 valence electrons. The molecule has 3 nitrogen and oxygen atoms in total. The lowest BCUT2D eigenvalue weighted by atomic mass is 9.96. The third-order valence-corrected chi connectivity index (χ3v) is 4.34. The average Bonchev–Trinajstić information content (AvgIpc) is 3.05. The number of pyridine rings is 1. The second-order valence-corrected chi connectivity index (χ2v) is 5.50. The Balaban J connectivity index is 2.01. The number of carbonyl (C=O) groups is 2. The highest BCUT2D eigenvalue weighted by Crippen LogP contribution is 2.37. The minimum Gasteiger partial charge on any atom is -0.298 e. The summed E-state index contributed by atoms with van der Waals surface area (Å²) in [6.07, 6.45) is 7.77. The number of nitrogens with zero attached hydrogens (tertiary/aromatic N) is 1. The van der Waals surface area contributed by atoms with Crippen molar-refractivity contribution in [2.24, 2.45) is 0 Å². The van der Waals surface area contributed by atoms with Crippen molar-refractivity contribution in [3.63, 3.8) is 0 Å². The number of rotatable bonds is 2. The molecule has 0 unspecified atom stereocenters. The Bertz CT molecular complexity index is 802. The highest BCUT2D eigenvalue weighted by molar-refractivity contribution is 6.16. The van der Waals surface area contributed by atoms with E-state index in [1.807, 2.05) is 6.07 Å². The van der Waals surface area contributed by atoms with Gasteiger partial charge in [-0.05, 0) is 59.1 Å². The summed E-state index contributed by atoms with van der Waals surface area (Å²) in [5, 5.41) is 2.05. The van der Waals surface area contributed by atoms with Crippen LogP contribution in [0.5, 0.6) is 0 Å². The van der Waals surface area contributed by atoms with E-state index < -0.39 is 0 Å². The summed E-state index contributed by atoms with van der Waals surface area (Å²) < 4.78 is 0. The summed E-state index contributed by atoms with van der Waals surface area (Å²) in [5.41, 5.74) is 4.81. The van der Waals surface area contributed by atoms with Crippen LogP contribution < -0.4 is 0 Å². The van der Waals surface area contributed by atoms with E-state index in [9.17, 15) is 9.59 Å². The fourth-order valence-corrected chi connectivity index (χ4v) is 3.42. The molecule has 0 N–H and O–H groups in total.